The monoisotopic (exact) mass is 676 g/mol. The molecule has 0 spiro atoms. The number of ether oxygens (including phenoxy) is 2. The Bertz CT molecular complexity index is 1550. The van der Waals surface area contributed by atoms with Gasteiger partial charge in [-0.2, -0.15) is 0 Å². The minimum Gasteiger partial charge on any atom is -0.507 e. The van der Waals surface area contributed by atoms with Crippen LogP contribution in [0.5, 0.6) is 17.2 Å². The number of fused-ring (bicyclic) bond motifs is 1. The number of methoxy groups -OCH3 is 1. The largest absolute Gasteiger partial charge is 0.507 e. The zero-order chi connectivity index (χ0) is 35.8. The number of phenolic OH excluding ortho intramolecular Hbond substituents is 1. The lowest BCUT2D eigenvalue weighted by atomic mass is 9.93. The van der Waals surface area contributed by atoms with Crippen molar-refractivity contribution in [1.82, 2.24) is 0 Å². The van der Waals surface area contributed by atoms with E-state index in [4.69, 9.17) is 13.9 Å². The Hall–Kier alpha value is -3.55. The Kier molecular flexibility index (Phi) is 17.0. The average molecular weight is 677 g/mol. The first-order chi connectivity index (χ1) is 23.6. The van der Waals surface area contributed by atoms with Crippen LogP contribution in [-0.2, 0) is 12.8 Å². The lowest BCUT2D eigenvalue weighted by molar-refractivity contribution is 0.0975. The van der Waals surface area contributed by atoms with Crippen LogP contribution < -0.4 is 14.9 Å². The van der Waals surface area contributed by atoms with E-state index in [1.807, 2.05) is 19.9 Å². The quantitative estimate of drug-likeness (QED) is 0.0677. The van der Waals surface area contributed by atoms with Crippen LogP contribution in [-0.4, -0.2) is 41.2 Å². The maximum atomic E-state index is 14.1. The molecule has 0 unspecified atom stereocenters. The van der Waals surface area contributed by atoms with Gasteiger partial charge in [0.1, 0.15) is 41.1 Å². The molecule has 3 rings (SSSR count). The van der Waals surface area contributed by atoms with Crippen molar-refractivity contribution in [3.63, 3.8) is 0 Å². The van der Waals surface area contributed by atoms with E-state index >= 15 is 0 Å². The second-order valence-electron chi connectivity index (χ2n) is 13.7. The van der Waals surface area contributed by atoms with Gasteiger partial charge < -0.3 is 29.2 Å². The SMILES string of the molecule is C=C(C)[C@@H](O)Cc1c(O)c(CC=C(C)C)c(OC)c2c(=O)c(-c3ccc(OC[C@H](O)CCCCCCCCCCCCCC)cc3)coc12. The zero-order valence-corrected chi connectivity index (χ0v) is 30.6. The molecule has 3 N–H and O–H groups in total. The van der Waals surface area contributed by atoms with Crippen LogP contribution in [0.2, 0.25) is 0 Å². The lowest BCUT2D eigenvalue weighted by Crippen LogP contribution is -2.17. The van der Waals surface area contributed by atoms with E-state index in [-0.39, 0.29) is 40.9 Å². The summed E-state index contributed by atoms with van der Waals surface area (Å²) in [4.78, 5) is 14.1. The third-order valence-electron chi connectivity index (χ3n) is 9.22. The van der Waals surface area contributed by atoms with Crippen LogP contribution in [0.3, 0.4) is 0 Å². The molecule has 2 atom stereocenters. The van der Waals surface area contributed by atoms with Crippen molar-refractivity contribution >= 4 is 11.0 Å². The topological polar surface area (TPSA) is 109 Å². The van der Waals surface area contributed by atoms with Gasteiger partial charge in [0.05, 0.1) is 24.9 Å². The number of allylic oxidation sites excluding steroid dienone is 2. The molecule has 7 nitrogen and oxygen atoms in total. The molecule has 2 aromatic carbocycles. The van der Waals surface area contributed by atoms with Crippen molar-refractivity contribution in [2.24, 2.45) is 0 Å². The molecule has 0 amide bonds. The Morgan fingerprint density at radius 1 is 0.898 bits per heavy atom. The number of unbranched alkanes of at least 4 members (excludes halogenated alkanes) is 11. The molecule has 0 radical (unpaired) electrons. The summed E-state index contributed by atoms with van der Waals surface area (Å²) in [5, 5.41) is 32.6. The molecule has 0 aliphatic heterocycles. The molecule has 3 aromatic rings. The summed E-state index contributed by atoms with van der Waals surface area (Å²) in [6.45, 7) is 11.9. The average Bonchev–Trinajstić information content (AvgIpc) is 3.08. The maximum absolute atomic E-state index is 14.1. The molecule has 0 aliphatic rings. The fourth-order valence-electron chi connectivity index (χ4n) is 6.15. The molecule has 0 saturated carbocycles. The summed E-state index contributed by atoms with van der Waals surface area (Å²) in [6.07, 6.45) is 18.4. The summed E-state index contributed by atoms with van der Waals surface area (Å²) < 4.78 is 17.6. The third-order valence-corrected chi connectivity index (χ3v) is 9.22. The van der Waals surface area contributed by atoms with Gasteiger partial charge >= 0.3 is 0 Å². The Morgan fingerprint density at radius 3 is 2.04 bits per heavy atom. The fraction of sp³-hybridized carbons (Fsp3) is 0.548. The van der Waals surface area contributed by atoms with Gasteiger partial charge in [0, 0.05) is 17.5 Å². The number of rotatable bonds is 23. The summed E-state index contributed by atoms with van der Waals surface area (Å²) in [6, 6.07) is 7.12. The smallest absolute Gasteiger partial charge is 0.204 e. The summed E-state index contributed by atoms with van der Waals surface area (Å²) in [7, 11) is 1.47. The molecular formula is C42H60O7. The van der Waals surface area contributed by atoms with Crippen LogP contribution in [0.1, 0.15) is 122 Å². The Balaban J connectivity index is 1.64. The van der Waals surface area contributed by atoms with E-state index in [2.05, 4.69) is 13.5 Å². The number of benzene rings is 2. The van der Waals surface area contributed by atoms with E-state index in [0.29, 0.717) is 46.4 Å². The maximum Gasteiger partial charge on any atom is 0.204 e. The van der Waals surface area contributed by atoms with Crippen molar-refractivity contribution < 1.29 is 29.2 Å². The number of hydrogen-bond donors (Lipinski definition) is 3. The molecule has 49 heavy (non-hydrogen) atoms. The van der Waals surface area contributed by atoms with Crippen molar-refractivity contribution in [3.05, 3.63) is 75.7 Å². The van der Waals surface area contributed by atoms with Gasteiger partial charge in [-0.25, -0.2) is 0 Å². The predicted molar refractivity (Wildman–Crippen MR) is 201 cm³/mol. The fourth-order valence-corrected chi connectivity index (χ4v) is 6.15. The van der Waals surface area contributed by atoms with Gasteiger partial charge in [-0.15, -0.1) is 0 Å². The first kappa shape index (κ1) is 39.9. The standard InChI is InChI=1S/C42H60O7/c1-7-8-9-10-11-12-13-14-15-16-17-18-19-32(43)27-48-33-23-21-31(22-24-33)36-28-49-42-35(26-37(44)30(4)5)39(45)34(25-20-29(2)3)41(47-6)38(42)40(36)46/h20-24,28,32,37,43-45H,4,7-19,25-27H2,1-3,5-6H3/t32-,37+/m1/s1. The highest BCUT2D eigenvalue weighted by molar-refractivity contribution is 5.93. The van der Waals surface area contributed by atoms with Gasteiger partial charge in [0.15, 0.2) is 0 Å². The van der Waals surface area contributed by atoms with Crippen molar-refractivity contribution in [2.45, 2.75) is 136 Å². The van der Waals surface area contributed by atoms with E-state index < -0.39 is 12.2 Å². The summed E-state index contributed by atoms with van der Waals surface area (Å²) in [5.41, 5.74) is 3.19. The van der Waals surface area contributed by atoms with Gasteiger partial charge in [-0.3, -0.25) is 4.79 Å². The van der Waals surface area contributed by atoms with Crippen LogP contribution >= 0.6 is 0 Å². The van der Waals surface area contributed by atoms with Gasteiger partial charge in [0.25, 0.3) is 0 Å². The van der Waals surface area contributed by atoms with Gasteiger partial charge in [0.2, 0.25) is 5.43 Å². The highest BCUT2D eigenvalue weighted by Gasteiger charge is 2.26. The van der Waals surface area contributed by atoms with Crippen molar-refractivity contribution in [1.29, 1.82) is 0 Å². The van der Waals surface area contributed by atoms with E-state index in [1.54, 1.807) is 31.2 Å². The molecule has 0 bridgehead atoms. The molecule has 7 heteroatoms. The highest BCUT2D eigenvalue weighted by Crippen LogP contribution is 2.41. The summed E-state index contributed by atoms with van der Waals surface area (Å²) >= 11 is 0. The van der Waals surface area contributed by atoms with Gasteiger partial charge in [-0.05, 0) is 51.3 Å². The van der Waals surface area contributed by atoms with Crippen LogP contribution in [0, 0.1) is 0 Å². The predicted octanol–water partition coefficient (Wildman–Crippen LogP) is 9.99. The first-order valence-corrected chi connectivity index (χ1v) is 18.3. The molecule has 270 valence electrons. The van der Waals surface area contributed by atoms with Crippen molar-refractivity contribution in [2.75, 3.05) is 13.7 Å². The van der Waals surface area contributed by atoms with Crippen LogP contribution in [0.4, 0.5) is 0 Å². The van der Waals surface area contributed by atoms with Gasteiger partial charge in [-0.1, -0.05) is 120 Å². The first-order valence-electron chi connectivity index (χ1n) is 18.3. The number of hydrogen-bond acceptors (Lipinski definition) is 7. The Morgan fingerprint density at radius 2 is 1.49 bits per heavy atom. The minimum atomic E-state index is -0.931. The molecule has 0 saturated heterocycles. The summed E-state index contributed by atoms with van der Waals surface area (Å²) in [5.74, 6) is 0.780. The van der Waals surface area contributed by atoms with Crippen LogP contribution in [0.15, 0.2) is 63.5 Å². The second kappa shape index (κ2) is 20.8. The number of aromatic hydroxyl groups is 1. The normalized spacial score (nSPS) is 12.6. The number of aliphatic hydroxyl groups is 2. The number of phenols is 1. The van der Waals surface area contributed by atoms with E-state index in [1.165, 1.54) is 77.6 Å². The molecule has 0 fully saturated rings. The van der Waals surface area contributed by atoms with E-state index in [9.17, 15) is 20.1 Å². The molecular weight excluding hydrogens is 616 g/mol. The second-order valence-corrected chi connectivity index (χ2v) is 13.7. The minimum absolute atomic E-state index is 0.0307. The number of aliphatic hydroxyl groups excluding tert-OH is 2. The molecule has 0 aliphatic carbocycles. The Labute approximate surface area is 293 Å². The van der Waals surface area contributed by atoms with Crippen molar-refractivity contribution in [3.8, 4) is 28.4 Å². The highest BCUT2D eigenvalue weighted by atomic mass is 16.5. The third kappa shape index (κ3) is 12.1. The molecule has 1 aromatic heterocycles. The zero-order valence-electron chi connectivity index (χ0n) is 30.6. The van der Waals surface area contributed by atoms with E-state index in [0.717, 1.165) is 18.4 Å². The lowest BCUT2D eigenvalue weighted by Gasteiger charge is -2.19. The van der Waals surface area contributed by atoms with Crippen LogP contribution in [0.25, 0.3) is 22.1 Å². The molecule has 1 heterocycles.